The van der Waals surface area contributed by atoms with Crippen LogP contribution in [0.2, 0.25) is 15.1 Å². The lowest BCUT2D eigenvalue weighted by Crippen LogP contribution is -2.21. The van der Waals surface area contributed by atoms with Gasteiger partial charge in [0, 0.05) is 5.41 Å². The predicted octanol–water partition coefficient (Wildman–Crippen LogP) is 4.22. The Morgan fingerprint density at radius 3 is 2.24 bits per heavy atom. The van der Waals surface area contributed by atoms with E-state index in [2.05, 4.69) is 10.3 Å². The number of carbonyl (C=O) groups is 1. The van der Waals surface area contributed by atoms with Crippen LogP contribution in [-0.4, -0.2) is 26.1 Å². The highest BCUT2D eigenvalue weighted by atomic mass is 35.5. The lowest BCUT2D eigenvalue weighted by molar-refractivity contribution is 0.0687. The summed E-state index contributed by atoms with van der Waals surface area (Å²) in [5.41, 5.74) is 0.225. The van der Waals surface area contributed by atoms with E-state index in [1.807, 2.05) is 20.8 Å². The minimum atomic E-state index is -1.15. The van der Waals surface area contributed by atoms with E-state index in [1.54, 1.807) is 0 Å². The van der Waals surface area contributed by atoms with Crippen LogP contribution in [0.25, 0.3) is 5.69 Å². The number of halogens is 3. The molecule has 8 heteroatoms. The second-order valence-corrected chi connectivity index (χ2v) is 6.69. The number of carboxylic acids is 1. The highest BCUT2D eigenvalue weighted by Gasteiger charge is 2.30. The van der Waals surface area contributed by atoms with Crippen molar-refractivity contribution in [1.29, 1.82) is 0 Å². The first-order valence-electron chi connectivity index (χ1n) is 5.97. The summed E-state index contributed by atoms with van der Waals surface area (Å²) < 4.78 is 1.38. The van der Waals surface area contributed by atoms with Crippen LogP contribution in [0.5, 0.6) is 0 Å². The Morgan fingerprint density at radius 2 is 1.71 bits per heavy atom. The van der Waals surface area contributed by atoms with Gasteiger partial charge in [0.1, 0.15) is 0 Å². The number of nitrogens with zero attached hydrogens (tertiary/aromatic N) is 3. The number of benzene rings is 1. The average Bonchev–Trinajstić information content (AvgIpc) is 2.78. The average molecular weight is 349 g/mol. The fourth-order valence-electron chi connectivity index (χ4n) is 1.94. The number of carboxylic acid groups (broad SMARTS) is 1. The minimum Gasteiger partial charge on any atom is -0.476 e. The summed E-state index contributed by atoms with van der Waals surface area (Å²) in [6.45, 7) is 5.58. The smallest absolute Gasteiger partial charge is 0.358 e. The maximum atomic E-state index is 11.3. The molecule has 0 saturated carbocycles. The van der Waals surface area contributed by atoms with Gasteiger partial charge in [-0.15, -0.1) is 5.10 Å². The summed E-state index contributed by atoms with van der Waals surface area (Å²) in [5.74, 6) is -1.15. The molecule has 0 aliphatic carbocycles. The maximum absolute atomic E-state index is 11.3. The summed E-state index contributed by atoms with van der Waals surface area (Å²) in [6, 6.07) is 3.01. The molecule has 1 aromatic carbocycles. The van der Waals surface area contributed by atoms with Crippen molar-refractivity contribution in [2.75, 3.05) is 0 Å². The van der Waals surface area contributed by atoms with E-state index >= 15 is 0 Å². The summed E-state index contributed by atoms with van der Waals surface area (Å²) in [4.78, 5) is 11.3. The first kappa shape index (κ1) is 16.1. The van der Waals surface area contributed by atoms with Gasteiger partial charge in [-0.25, -0.2) is 9.48 Å². The third kappa shape index (κ3) is 3.00. The molecule has 0 aliphatic heterocycles. The molecule has 0 unspecified atom stereocenters. The Morgan fingerprint density at radius 1 is 1.14 bits per heavy atom. The third-order valence-corrected chi connectivity index (χ3v) is 3.83. The Hall–Kier alpha value is -1.30. The van der Waals surface area contributed by atoms with E-state index in [9.17, 15) is 9.90 Å². The summed E-state index contributed by atoms with van der Waals surface area (Å²) in [5, 5.41) is 17.8. The van der Waals surface area contributed by atoms with Gasteiger partial charge in [-0.2, -0.15) is 0 Å². The Bertz CT molecular complexity index is 720. The molecule has 0 saturated heterocycles. The van der Waals surface area contributed by atoms with Crippen LogP contribution in [0.1, 0.15) is 37.0 Å². The Kier molecular flexibility index (Phi) is 4.19. The van der Waals surface area contributed by atoms with Gasteiger partial charge in [-0.3, -0.25) is 0 Å². The molecule has 0 bridgehead atoms. The van der Waals surface area contributed by atoms with Crippen molar-refractivity contribution in [3.63, 3.8) is 0 Å². The molecule has 5 nitrogen and oxygen atoms in total. The maximum Gasteiger partial charge on any atom is 0.358 e. The van der Waals surface area contributed by atoms with Crippen molar-refractivity contribution in [2.45, 2.75) is 26.2 Å². The van der Waals surface area contributed by atoms with E-state index in [0.717, 1.165) is 0 Å². The van der Waals surface area contributed by atoms with Crippen LogP contribution in [0, 0.1) is 0 Å². The van der Waals surface area contributed by atoms with Crippen molar-refractivity contribution in [3.05, 3.63) is 38.6 Å². The largest absolute Gasteiger partial charge is 0.476 e. The number of rotatable bonds is 2. The number of hydrogen-bond acceptors (Lipinski definition) is 3. The van der Waals surface area contributed by atoms with Crippen molar-refractivity contribution < 1.29 is 9.90 Å². The standard InChI is InChI=1S/C13H12Cl3N3O2/c1-13(2,3)11-10(12(20)21)17-18-19(11)9-5-7(15)6(14)4-8(9)16/h4-5H,1-3H3,(H,20,21). The Labute approximate surface area is 136 Å². The summed E-state index contributed by atoms with van der Waals surface area (Å²) in [7, 11) is 0. The van der Waals surface area contributed by atoms with Gasteiger partial charge in [0.25, 0.3) is 0 Å². The molecule has 0 fully saturated rings. The lowest BCUT2D eigenvalue weighted by Gasteiger charge is -2.21. The fourth-order valence-corrected chi connectivity index (χ4v) is 2.56. The van der Waals surface area contributed by atoms with E-state index < -0.39 is 11.4 Å². The van der Waals surface area contributed by atoms with Gasteiger partial charge in [0.2, 0.25) is 0 Å². The van der Waals surface area contributed by atoms with Crippen molar-refractivity contribution in [2.24, 2.45) is 0 Å². The van der Waals surface area contributed by atoms with E-state index in [1.165, 1.54) is 16.8 Å². The predicted molar refractivity (Wildman–Crippen MR) is 82.0 cm³/mol. The van der Waals surface area contributed by atoms with Crippen LogP contribution in [0.15, 0.2) is 12.1 Å². The first-order chi connectivity index (χ1) is 9.62. The van der Waals surface area contributed by atoms with Crippen molar-refractivity contribution >= 4 is 40.8 Å². The van der Waals surface area contributed by atoms with Gasteiger partial charge in [0.15, 0.2) is 5.69 Å². The molecule has 0 amide bonds. The molecular formula is C13H12Cl3N3O2. The second-order valence-electron chi connectivity index (χ2n) is 5.47. The van der Waals surface area contributed by atoms with Gasteiger partial charge < -0.3 is 5.11 Å². The zero-order valence-corrected chi connectivity index (χ0v) is 13.8. The molecule has 0 atom stereocenters. The van der Waals surface area contributed by atoms with Crippen LogP contribution in [-0.2, 0) is 5.41 Å². The topological polar surface area (TPSA) is 68.0 Å². The third-order valence-electron chi connectivity index (χ3n) is 2.80. The summed E-state index contributed by atoms with van der Waals surface area (Å²) in [6.07, 6.45) is 0. The second kappa shape index (κ2) is 5.48. The zero-order valence-electron chi connectivity index (χ0n) is 11.5. The fraction of sp³-hybridized carbons (Fsp3) is 0.308. The molecule has 21 heavy (non-hydrogen) atoms. The SMILES string of the molecule is CC(C)(C)c1c(C(=O)O)nnn1-c1cc(Cl)c(Cl)cc1Cl. The number of aromatic nitrogens is 3. The molecular weight excluding hydrogens is 337 g/mol. The molecule has 1 aromatic heterocycles. The normalized spacial score (nSPS) is 11.7. The lowest BCUT2D eigenvalue weighted by atomic mass is 9.90. The minimum absolute atomic E-state index is 0.121. The molecule has 2 rings (SSSR count). The highest BCUT2D eigenvalue weighted by Crippen LogP contribution is 2.34. The van der Waals surface area contributed by atoms with Gasteiger partial charge in [0.05, 0.1) is 26.4 Å². The van der Waals surface area contributed by atoms with E-state index in [4.69, 9.17) is 34.8 Å². The van der Waals surface area contributed by atoms with Crippen LogP contribution < -0.4 is 0 Å². The van der Waals surface area contributed by atoms with Crippen molar-refractivity contribution in [1.82, 2.24) is 15.0 Å². The monoisotopic (exact) mass is 347 g/mol. The molecule has 0 aliphatic rings. The molecule has 2 aromatic rings. The molecule has 1 N–H and O–H groups in total. The highest BCUT2D eigenvalue weighted by molar-refractivity contribution is 6.43. The number of aromatic carboxylic acids is 1. The molecule has 112 valence electrons. The van der Waals surface area contributed by atoms with Gasteiger partial charge >= 0.3 is 5.97 Å². The number of hydrogen-bond donors (Lipinski definition) is 1. The van der Waals surface area contributed by atoms with Gasteiger partial charge in [-0.05, 0) is 12.1 Å². The van der Waals surface area contributed by atoms with E-state index in [0.29, 0.717) is 26.4 Å². The summed E-state index contributed by atoms with van der Waals surface area (Å²) >= 11 is 18.1. The first-order valence-corrected chi connectivity index (χ1v) is 7.10. The Balaban J connectivity index is 2.77. The van der Waals surface area contributed by atoms with Crippen LogP contribution in [0.3, 0.4) is 0 Å². The van der Waals surface area contributed by atoms with E-state index in [-0.39, 0.29) is 5.69 Å². The molecule has 0 spiro atoms. The van der Waals surface area contributed by atoms with Crippen molar-refractivity contribution in [3.8, 4) is 5.69 Å². The zero-order chi connectivity index (χ0) is 15.9. The molecule has 1 heterocycles. The van der Waals surface area contributed by atoms with Crippen LogP contribution in [0.4, 0.5) is 0 Å². The molecule has 0 radical (unpaired) electrons. The quantitative estimate of drug-likeness (QED) is 0.825. The van der Waals surface area contributed by atoms with Gasteiger partial charge in [-0.1, -0.05) is 60.8 Å². The van der Waals surface area contributed by atoms with Crippen LogP contribution >= 0.6 is 34.8 Å².